The van der Waals surface area contributed by atoms with Gasteiger partial charge in [0, 0.05) is 71.6 Å². The molecule has 0 bridgehead atoms. The molecule has 0 saturated heterocycles. The number of hydrogen-bond donors (Lipinski definition) is 0. The molecule has 246 valence electrons. The van der Waals surface area contributed by atoms with Crippen molar-refractivity contribution in [3.05, 3.63) is 130 Å². The fourth-order valence-electron chi connectivity index (χ4n) is 6.45. The van der Waals surface area contributed by atoms with Crippen molar-refractivity contribution in [3.8, 4) is 44.9 Å². The Balaban J connectivity index is 1.09. The summed E-state index contributed by atoms with van der Waals surface area (Å²) < 4.78 is 17.7. The molecule has 0 saturated carbocycles. The van der Waals surface area contributed by atoms with E-state index >= 15 is 0 Å². The first-order valence-corrected chi connectivity index (χ1v) is 16.9. The van der Waals surface area contributed by atoms with Gasteiger partial charge in [-0.3, -0.25) is 0 Å². The summed E-state index contributed by atoms with van der Waals surface area (Å²) in [7, 11) is 0. The molecular weight excluding hydrogens is 612 g/mol. The van der Waals surface area contributed by atoms with Gasteiger partial charge < -0.3 is 23.1 Å². The Hall–Kier alpha value is -5.82. The maximum absolute atomic E-state index is 13.0. The second kappa shape index (κ2) is 13.4. The summed E-state index contributed by atoms with van der Waals surface area (Å²) in [5.41, 5.74) is 6.85. The molecule has 0 unspecified atom stereocenters. The molecule has 0 atom stereocenters. The number of nitrogens with zero attached hydrogens (tertiary/aromatic N) is 2. The predicted octanol–water partition coefficient (Wildman–Crippen LogP) is 9.85. The van der Waals surface area contributed by atoms with Crippen molar-refractivity contribution in [1.29, 1.82) is 0 Å². The number of rotatable bonds is 10. The molecule has 0 radical (unpaired) electrons. The lowest BCUT2D eigenvalue weighted by molar-refractivity contribution is 0.563. The topological polar surface area (TPSA) is 80.0 Å². The summed E-state index contributed by atoms with van der Waals surface area (Å²) in [6, 6.07) is 35.0. The van der Waals surface area contributed by atoms with Crippen LogP contribution in [0.25, 0.3) is 66.8 Å². The van der Waals surface area contributed by atoms with Crippen LogP contribution in [0.4, 0.5) is 11.4 Å². The zero-order valence-corrected chi connectivity index (χ0v) is 28.2. The number of benzene rings is 4. The van der Waals surface area contributed by atoms with Crippen molar-refractivity contribution in [2.24, 2.45) is 0 Å². The lowest BCUT2D eigenvalue weighted by atomic mass is 10.0. The standard InChI is InChI=1S/C42H38N2O5/c1-5-43(6-2)33-19-17-31-23-35(41(45)48-39(31)25-33)27-9-13-29(14-10-27)37-21-22-38(47-37)30-15-11-28(12-16-30)36-24-32-18-20-34(44(7-3)8-4)26-40(32)49-42(36)46/h9-26H,5-8H2,1-4H3. The van der Waals surface area contributed by atoms with Gasteiger partial charge in [-0.05, 0) is 87.4 Å². The minimum atomic E-state index is -0.369. The highest BCUT2D eigenvalue weighted by Gasteiger charge is 2.14. The molecule has 0 aliphatic heterocycles. The van der Waals surface area contributed by atoms with Crippen molar-refractivity contribution in [1.82, 2.24) is 0 Å². The molecule has 0 N–H and O–H groups in total. The molecular formula is C42H38N2O5. The van der Waals surface area contributed by atoms with Crippen LogP contribution in [0.15, 0.2) is 132 Å². The molecule has 0 fully saturated rings. The molecule has 0 amide bonds. The molecule has 0 spiro atoms. The smallest absolute Gasteiger partial charge is 0.344 e. The Labute approximate surface area is 284 Å². The second-order valence-corrected chi connectivity index (χ2v) is 12.0. The van der Waals surface area contributed by atoms with Crippen LogP contribution < -0.4 is 21.1 Å². The maximum atomic E-state index is 13.0. The van der Waals surface area contributed by atoms with E-state index in [1.807, 2.05) is 97.1 Å². The number of anilines is 2. The summed E-state index contributed by atoms with van der Waals surface area (Å²) in [6.45, 7) is 11.9. The molecule has 7 nitrogen and oxygen atoms in total. The normalized spacial score (nSPS) is 11.3. The van der Waals surface area contributed by atoms with Gasteiger partial charge in [0.1, 0.15) is 22.7 Å². The Morgan fingerprint density at radius 3 is 1.16 bits per heavy atom. The first kappa shape index (κ1) is 31.8. The zero-order valence-electron chi connectivity index (χ0n) is 28.2. The van der Waals surface area contributed by atoms with Crippen molar-refractivity contribution in [2.45, 2.75) is 27.7 Å². The maximum Gasteiger partial charge on any atom is 0.344 e. The van der Waals surface area contributed by atoms with Crippen LogP contribution in [0.5, 0.6) is 0 Å². The van der Waals surface area contributed by atoms with Gasteiger partial charge in [-0.2, -0.15) is 0 Å². The van der Waals surface area contributed by atoms with Gasteiger partial charge in [-0.1, -0.05) is 48.5 Å². The Bertz CT molecular complexity index is 2210. The lowest BCUT2D eigenvalue weighted by Gasteiger charge is -2.21. The average Bonchev–Trinajstić information content (AvgIpc) is 3.63. The van der Waals surface area contributed by atoms with E-state index in [0.717, 1.165) is 70.6 Å². The third-order valence-corrected chi connectivity index (χ3v) is 9.26. The summed E-state index contributed by atoms with van der Waals surface area (Å²) >= 11 is 0. The molecule has 3 aromatic heterocycles. The van der Waals surface area contributed by atoms with E-state index in [1.54, 1.807) is 0 Å². The molecule has 3 heterocycles. The van der Waals surface area contributed by atoms with E-state index in [1.165, 1.54) is 0 Å². The van der Waals surface area contributed by atoms with E-state index in [-0.39, 0.29) is 11.3 Å². The number of hydrogen-bond acceptors (Lipinski definition) is 7. The molecule has 7 aromatic rings. The van der Waals surface area contributed by atoms with E-state index in [2.05, 4.69) is 49.6 Å². The van der Waals surface area contributed by atoms with Gasteiger partial charge in [0.25, 0.3) is 0 Å². The van der Waals surface area contributed by atoms with Gasteiger partial charge in [0.2, 0.25) is 0 Å². The third kappa shape index (κ3) is 6.16. The van der Waals surface area contributed by atoms with Crippen LogP contribution in [0.3, 0.4) is 0 Å². The minimum Gasteiger partial charge on any atom is -0.456 e. The van der Waals surface area contributed by atoms with Gasteiger partial charge in [0.05, 0.1) is 11.1 Å². The highest BCUT2D eigenvalue weighted by atomic mass is 16.4. The van der Waals surface area contributed by atoms with Crippen molar-refractivity contribution in [3.63, 3.8) is 0 Å². The summed E-state index contributed by atoms with van der Waals surface area (Å²) in [6.07, 6.45) is 0. The van der Waals surface area contributed by atoms with Gasteiger partial charge in [-0.25, -0.2) is 9.59 Å². The first-order valence-electron chi connectivity index (χ1n) is 16.9. The zero-order chi connectivity index (χ0) is 34.1. The Kier molecular flexibility index (Phi) is 8.66. The minimum absolute atomic E-state index is 0.369. The van der Waals surface area contributed by atoms with E-state index in [4.69, 9.17) is 13.3 Å². The molecule has 0 aliphatic rings. The van der Waals surface area contributed by atoms with Crippen LogP contribution in [-0.4, -0.2) is 26.2 Å². The van der Waals surface area contributed by atoms with Crippen molar-refractivity contribution in [2.75, 3.05) is 36.0 Å². The fraction of sp³-hybridized carbons (Fsp3) is 0.190. The number of fused-ring (bicyclic) bond motifs is 2. The lowest BCUT2D eigenvalue weighted by Crippen LogP contribution is -2.21. The van der Waals surface area contributed by atoms with Gasteiger partial charge in [-0.15, -0.1) is 0 Å². The Morgan fingerprint density at radius 2 is 0.796 bits per heavy atom. The van der Waals surface area contributed by atoms with Crippen LogP contribution in [-0.2, 0) is 0 Å². The van der Waals surface area contributed by atoms with Crippen molar-refractivity contribution < 1.29 is 13.3 Å². The molecule has 0 aliphatic carbocycles. The average molecular weight is 651 g/mol. The monoisotopic (exact) mass is 650 g/mol. The summed E-state index contributed by atoms with van der Waals surface area (Å²) in [5, 5.41) is 1.75. The fourth-order valence-corrected chi connectivity index (χ4v) is 6.45. The van der Waals surface area contributed by atoms with Crippen LogP contribution in [0, 0.1) is 0 Å². The van der Waals surface area contributed by atoms with Gasteiger partial charge >= 0.3 is 11.3 Å². The molecule has 49 heavy (non-hydrogen) atoms. The SMILES string of the molecule is CCN(CC)c1ccc2cc(-c3ccc(-c4ccc(-c5ccc(-c6cc7ccc(N(CC)CC)cc7oc6=O)cc5)o4)cc3)c(=O)oc2c1. The van der Waals surface area contributed by atoms with E-state index in [9.17, 15) is 9.59 Å². The predicted molar refractivity (Wildman–Crippen MR) is 200 cm³/mol. The second-order valence-electron chi connectivity index (χ2n) is 12.0. The summed E-state index contributed by atoms with van der Waals surface area (Å²) in [4.78, 5) is 30.4. The molecule has 7 heteroatoms. The third-order valence-electron chi connectivity index (χ3n) is 9.26. The molecule has 4 aromatic carbocycles. The quantitative estimate of drug-likeness (QED) is 0.136. The van der Waals surface area contributed by atoms with Crippen LogP contribution in [0.1, 0.15) is 27.7 Å². The van der Waals surface area contributed by atoms with Crippen LogP contribution >= 0.6 is 0 Å². The largest absolute Gasteiger partial charge is 0.456 e. The van der Waals surface area contributed by atoms with Crippen LogP contribution in [0.2, 0.25) is 0 Å². The number of furan rings is 1. The van der Waals surface area contributed by atoms with E-state index in [0.29, 0.717) is 33.8 Å². The Morgan fingerprint density at radius 1 is 0.429 bits per heavy atom. The molecule has 7 rings (SSSR count). The highest BCUT2D eigenvalue weighted by molar-refractivity contribution is 5.86. The van der Waals surface area contributed by atoms with Crippen molar-refractivity contribution >= 4 is 33.3 Å². The van der Waals surface area contributed by atoms with E-state index < -0.39 is 0 Å². The first-order chi connectivity index (χ1) is 23.9. The summed E-state index contributed by atoms with van der Waals surface area (Å²) in [5.74, 6) is 1.42. The van der Waals surface area contributed by atoms with Gasteiger partial charge in [0.15, 0.2) is 0 Å². The highest BCUT2D eigenvalue weighted by Crippen LogP contribution is 2.32.